The summed E-state index contributed by atoms with van der Waals surface area (Å²) in [5.41, 5.74) is 0.913. The van der Waals surface area contributed by atoms with E-state index in [0.29, 0.717) is 28.2 Å². The van der Waals surface area contributed by atoms with Crippen molar-refractivity contribution in [3.05, 3.63) is 30.1 Å². The van der Waals surface area contributed by atoms with Crippen molar-refractivity contribution in [1.29, 1.82) is 0 Å². The van der Waals surface area contributed by atoms with Crippen molar-refractivity contribution in [3.63, 3.8) is 0 Å². The number of aliphatic hydroxyl groups excluding tert-OH is 1. The largest absolute Gasteiger partial charge is 0.452 e. The number of alkyl halides is 3. The molecule has 0 saturated heterocycles. The summed E-state index contributed by atoms with van der Waals surface area (Å²) in [5, 5.41) is 16.3. The molecule has 0 unspecified atom stereocenters. The van der Waals surface area contributed by atoms with Gasteiger partial charge in [-0.05, 0) is 30.7 Å². The topological polar surface area (TPSA) is 63.3 Å². The highest BCUT2D eigenvalue weighted by Gasteiger charge is 2.38. The third kappa shape index (κ3) is 3.32. The van der Waals surface area contributed by atoms with E-state index in [0.717, 1.165) is 17.2 Å². The Morgan fingerprint density at radius 3 is 2.62 bits per heavy atom. The van der Waals surface area contributed by atoms with Crippen molar-refractivity contribution in [2.45, 2.75) is 30.5 Å². The third-order valence-electron chi connectivity index (χ3n) is 3.49. The molecule has 2 heterocycles. The minimum Gasteiger partial charge on any atom is -0.396 e. The summed E-state index contributed by atoms with van der Waals surface area (Å²) in [6, 6.07) is 6.63. The van der Waals surface area contributed by atoms with Crippen molar-refractivity contribution < 1.29 is 18.3 Å². The van der Waals surface area contributed by atoms with Crippen LogP contribution in [-0.4, -0.2) is 37.0 Å². The molecule has 0 aliphatic heterocycles. The van der Waals surface area contributed by atoms with Crippen LogP contribution in [0.15, 0.2) is 29.3 Å². The number of rotatable bonds is 6. The van der Waals surface area contributed by atoms with Crippen LogP contribution >= 0.6 is 11.8 Å². The van der Waals surface area contributed by atoms with Gasteiger partial charge in [0.25, 0.3) is 0 Å². The average molecular weight is 356 g/mol. The molecule has 0 fully saturated rings. The lowest BCUT2D eigenvalue weighted by Gasteiger charge is -2.09. The fraction of sp³-hybridized carbons (Fsp3) is 0.400. The Bertz CT molecular complexity index is 850. The van der Waals surface area contributed by atoms with E-state index in [4.69, 9.17) is 5.11 Å². The number of para-hydroxylation sites is 2. The SMILES string of the molecule is OCCCCCSc1nc2ccccc2n2c(C(F)(F)F)nnc12. The van der Waals surface area contributed by atoms with Crippen molar-refractivity contribution in [3.8, 4) is 0 Å². The molecular formula is C15H15F3N4OS. The first kappa shape index (κ1) is 17.0. The Morgan fingerprint density at radius 1 is 1.08 bits per heavy atom. The zero-order valence-corrected chi connectivity index (χ0v) is 13.4. The van der Waals surface area contributed by atoms with Crippen LogP contribution < -0.4 is 0 Å². The maximum absolute atomic E-state index is 13.2. The number of fused-ring (bicyclic) bond motifs is 3. The van der Waals surface area contributed by atoms with Gasteiger partial charge in [0.15, 0.2) is 5.65 Å². The fourth-order valence-electron chi connectivity index (χ4n) is 2.40. The van der Waals surface area contributed by atoms with Gasteiger partial charge in [-0.2, -0.15) is 13.2 Å². The number of aromatic nitrogens is 4. The van der Waals surface area contributed by atoms with Crippen molar-refractivity contribution in [2.24, 2.45) is 0 Å². The number of nitrogens with zero attached hydrogens (tertiary/aromatic N) is 4. The molecule has 9 heteroatoms. The van der Waals surface area contributed by atoms with Gasteiger partial charge in [-0.3, -0.25) is 4.40 Å². The normalized spacial score (nSPS) is 12.3. The number of unbranched alkanes of at least 4 members (excludes halogenated alkanes) is 2. The summed E-state index contributed by atoms with van der Waals surface area (Å²) >= 11 is 1.36. The summed E-state index contributed by atoms with van der Waals surface area (Å²) in [6.45, 7) is 0.141. The van der Waals surface area contributed by atoms with E-state index >= 15 is 0 Å². The first-order chi connectivity index (χ1) is 11.5. The average Bonchev–Trinajstić information content (AvgIpc) is 3.00. The highest BCUT2D eigenvalue weighted by Crippen LogP contribution is 2.33. The van der Waals surface area contributed by atoms with Gasteiger partial charge in [0.05, 0.1) is 11.0 Å². The second-order valence-electron chi connectivity index (χ2n) is 5.22. The van der Waals surface area contributed by atoms with E-state index in [1.165, 1.54) is 11.8 Å². The van der Waals surface area contributed by atoms with Crippen molar-refractivity contribution >= 4 is 28.4 Å². The summed E-state index contributed by atoms with van der Waals surface area (Å²) in [4.78, 5) is 4.44. The van der Waals surface area contributed by atoms with E-state index in [-0.39, 0.29) is 12.3 Å². The van der Waals surface area contributed by atoms with Gasteiger partial charge in [0.1, 0.15) is 5.03 Å². The lowest BCUT2D eigenvalue weighted by Crippen LogP contribution is -2.11. The summed E-state index contributed by atoms with van der Waals surface area (Å²) < 4.78 is 40.7. The highest BCUT2D eigenvalue weighted by atomic mass is 32.2. The Hall–Kier alpha value is -1.87. The zero-order valence-electron chi connectivity index (χ0n) is 12.6. The van der Waals surface area contributed by atoms with Gasteiger partial charge in [-0.25, -0.2) is 4.98 Å². The van der Waals surface area contributed by atoms with E-state index in [1.54, 1.807) is 24.3 Å². The Labute approximate surface area is 139 Å². The molecule has 0 bridgehead atoms. The van der Waals surface area contributed by atoms with Crippen LogP contribution in [0.5, 0.6) is 0 Å². The molecule has 24 heavy (non-hydrogen) atoms. The molecule has 0 amide bonds. The Morgan fingerprint density at radius 2 is 1.88 bits per heavy atom. The number of benzene rings is 1. The van der Waals surface area contributed by atoms with Gasteiger partial charge in [0.2, 0.25) is 5.82 Å². The predicted molar refractivity (Wildman–Crippen MR) is 85.0 cm³/mol. The predicted octanol–water partition coefficient (Wildman–Crippen LogP) is 3.55. The van der Waals surface area contributed by atoms with Gasteiger partial charge < -0.3 is 5.11 Å². The summed E-state index contributed by atoms with van der Waals surface area (Å²) in [7, 11) is 0. The molecule has 0 saturated carbocycles. The van der Waals surface area contributed by atoms with E-state index < -0.39 is 12.0 Å². The van der Waals surface area contributed by atoms with Gasteiger partial charge in [0, 0.05) is 6.61 Å². The van der Waals surface area contributed by atoms with Crippen LogP contribution in [0.1, 0.15) is 25.1 Å². The van der Waals surface area contributed by atoms with Crippen LogP contribution in [0.25, 0.3) is 16.7 Å². The number of hydrogen-bond donors (Lipinski definition) is 1. The highest BCUT2D eigenvalue weighted by molar-refractivity contribution is 7.99. The van der Waals surface area contributed by atoms with Gasteiger partial charge in [-0.15, -0.1) is 22.0 Å². The Balaban J connectivity index is 2.04. The molecule has 5 nitrogen and oxygen atoms in total. The van der Waals surface area contributed by atoms with Gasteiger partial charge in [-0.1, -0.05) is 18.6 Å². The van der Waals surface area contributed by atoms with Gasteiger partial charge >= 0.3 is 6.18 Å². The smallest absolute Gasteiger partial charge is 0.396 e. The van der Waals surface area contributed by atoms with E-state index in [2.05, 4.69) is 15.2 Å². The molecule has 1 aromatic carbocycles. The van der Waals surface area contributed by atoms with Crippen LogP contribution in [-0.2, 0) is 6.18 Å². The van der Waals surface area contributed by atoms with E-state index in [1.807, 2.05) is 0 Å². The minimum absolute atomic E-state index is 0.119. The second kappa shape index (κ2) is 6.94. The lowest BCUT2D eigenvalue weighted by molar-refractivity contribution is -0.145. The lowest BCUT2D eigenvalue weighted by atomic mass is 10.3. The third-order valence-corrected chi connectivity index (χ3v) is 4.53. The molecule has 1 N–H and O–H groups in total. The molecule has 0 spiro atoms. The number of hydrogen-bond acceptors (Lipinski definition) is 5. The van der Waals surface area contributed by atoms with E-state index in [9.17, 15) is 13.2 Å². The molecule has 3 aromatic rings. The van der Waals surface area contributed by atoms with Crippen molar-refractivity contribution in [1.82, 2.24) is 19.6 Å². The Kier molecular flexibility index (Phi) is 4.91. The first-order valence-corrected chi connectivity index (χ1v) is 8.45. The molecule has 0 aliphatic carbocycles. The zero-order chi connectivity index (χ0) is 17.2. The molecule has 0 radical (unpaired) electrons. The monoisotopic (exact) mass is 356 g/mol. The first-order valence-electron chi connectivity index (χ1n) is 7.47. The van der Waals surface area contributed by atoms with Crippen LogP contribution in [0.3, 0.4) is 0 Å². The van der Waals surface area contributed by atoms with Crippen LogP contribution in [0.4, 0.5) is 13.2 Å². The standard InChI is InChI=1S/C15H15F3N4OS/c16-15(17,18)14-21-20-12-13(24-9-5-1-4-8-23)19-10-6-2-3-7-11(10)22(12)14/h2-3,6-7,23H,1,4-5,8-9H2. The fourth-order valence-corrected chi connectivity index (χ4v) is 3.36. The maximum atomic E-state index is 13.2. The molecule has 0 atom stereocenters. The van der Waals surface area contributed by atoms with Crippen molar-refractivity contribution in [2.75, 3.05) is 12.4 Å². The molecule has 2 aromatic heterocycles. The number of aliphatic hydroxyl groups is 1. The molecule has 3 rings (SSSR count). The molecule has 0 aliphatic rings. The van der Waals surface area contributed by atoms with Crippen LogP contribution in [0, 0.1) is 0 Å². The summed E-state index contributed by atoms with van der Waals surface area (Å²) in [6.07, 6.45) is -2.18. The number of thioether (sulfide) groups is 1. The second-order valence-corrected chi connectivity index (χ2v) is 6.30. The number of halogens is 3. The maximum Gasteiger partial charge on any atom is 0.452 e. The van der Waals surface area contributed by atoms with Crippen LogP contribution in [0.2, 0.25) is 0 Å². The quantitative estimate of drug-likeness (QED) is 0.541. The summed E-state index contributed by atoms with van der Waals surface area (Å²) in [5.74, 6) is -0.354. The molecular weight excluding hydrogens is 341 g/mol. The minimum atomic E-state index is -4.59. The molecule has 128 valence electrons.